The van der Waals surface area contributed by atoms with Crippen LogP contribution in [0.3, 0.4) is 0 Å². The van der Waals surface area contributed by atoms with Crippen LogP contribution in [-0.4, -0.2) is 23.7 Å². The Morgan fingerprint density at radius 3 is 2.65 bits per heavy atom. The highest BCUT2D eigenvalue weighted by Gasteiger charge is 2.04. The molecule has 1 unspecified atom stereocenters. The van der Waals surface area contributed by atoms with E-state index in [2.05, 4.69) is 5.32 Å². The summed E-state index contributed by atoms with van der Waals surface area (Å²) in [6.07, 6.45) is 1.33. The van der Waals surface area contributed by atoms with Gasteiger partial charge in [-0.2, -0.15) is 0 Å². The first-order valence-corrected chi connectivity index (χ1v) is 6.18. The van der Waals surface area contributed by atoms with E-state index < -0.39 is 0 Å². The summed E-state index contributed by atoms with van der Waals surface area (Å²) in [5.41, 5.74) is 0.933. The summed E-state index contributed by atoms with van der Waals surface area (Å²) >= 11 is 5.75. The lowest BCUT2D eigenvalue weighted by Crippen LogP contribution is -2.28. The van der Waals surface area contributed by atoms with Gasteiger partial charge in [0.1, 0.15) is 0 Å². The Hall–Kier alpha value is -1.06. The van der Waals surface area contributed by atoms with Gasteiger partial charge in [-0.3, -0.25) is 4.79 Å². The third-order valence-electron chi connectivity index (χ3n) is 2.55. The standard InChI is InChI=1S/C13H18ClNO2/c1-2-12(16)7-8-15-13(17)9-10-3-5-11(14)6-4-10/h3-6,12,16H,2,7-9H2,1H3,(H,15,17). The average molecular weight is 256 g/mol. The summed E-state index contributed by atoms with van der Waals surface area (Å²) in [6, 6.07) is 7.21. The molecule has 0 saturated carbocycles. The minimum Gasteiger partial charge on any atom is -0.393 e. The van der Waals surface area contributed by atoms with Crippen LogP contribution in [0.25, 0.3) is 0 Å². The van der Waals surface area contributed by atoms with E-state index in [1.807, 2.05) is 19.1 Å². The Bertz CT molecular complexity index is 351. The van der Waals surface area contributed by atoms with Crippen LogP contribution in [0.4, 0.5) is 0 Å². The van der Waals surface area contributed by atoms with E-state index in [4.69, 9.17) is 11.6 Å². The van der Waals surface area contributed by atoms with Gasteiger partial charge in [0.05, 0.1) is 12.5 Å². The molecule has 0 fully saturated rings. The average Bonchev–Trinajstić information content (AvgIpc) is 2.32. The highest BCUT2D eigenvalue weighted by Crippen LogP contribution is 2.09. The topological polar surface area (TPSA) is 49.3 Å². The van der Waals surface area contributed by atoms with Crippen LogP contribution in [0.5, 0.6) is 0 Å². The fraction of sp³-hybridized carbons (Fsp3) is 0.462. The van der Waals surface area contributed by atoms with Crippen molar-refractivity contribution in [2.45, 2.75) is 32.3 Å². The molecule has 0 aliphatic heterocycles. The van der Waals surface area contributed by atoms with E-state index in [1.165, 1.54) is 0 Å². The molecule has 0 bridgehead atoms. The van der Waals surface area contributed by atoms with Crippen molar-refractivity contribution >= 4 is 17.5 Å². The van der Waals surface area contributed by atoms with Crippen LogP contribution in [0, 0.1) is 0 Å². The van der Waals surface area contributed by atoms with Crippen LogP contribution in [0.15, 0.2) is 24.3 Å². The molecule has 1 amide bonds. The Kier molecular flexibility index (Phi) is 6.01. The number of rotatable bonds is 6. The van der Waals surface area contributed by atoms with E-state index in [1.54, 1.807) is 12.1 Å². The molecule has 1 rings (SSSR count). The van der Waals surface area contributed by atoms with Crippen LogP contribution in [-0.2, 0) is 11.2 Å². The first kappa shape index (κ1) is 14.0. The normalized spacial score (nSPS) is 12.2. The predicted octanol–water partition coefficient (Wildman–Crippen LogP) is 2.16. The Morgan fingerprint density at radius 2 is 2.06 bits per heavy atom. The summed E-state index contributed by atoms with van der Waals surface area (Å²) in [7, 11) is 0. The van der Waals surface area contributed by atoms with Crippen molar-refractivity contribution in [2.24, 2.45) is 0 Å². The number of benzene rings is 1. The van der Waals surface area contributed by atoms with E-state index in [9.17, 15) is 9.90 Å². The van der Waals surface area contributed by atoms with Crippen molar-refractivity contribution in [3.63, 3.8) is 0 Å². The second-order valence-corrected chi connectivity index (χ2v) is 4.44. The zero-order valence-corrected chi connectivity index (χ0v) is 10.7. The maximum Gasteiger partial charge on any atom is 0.224 e. The van der Waals surface area contributed by atoms with Gasteiger partial charge in [0.25, 0.3) is 0 Å². The zero-order chi connectivity index (χ0) is 12.7. The quantitative estimate of drug-likeness (QED) is 0.819. The van der Waals surface area contributed by atoms with Crippen LogP contribution < -0.4 is 5.32 Å². The summed E-state index contributed by atoms with van der Waals surface area (Å²) < 4.78 is 0. The molecule has 0 heterocycles. The lowest BCUT2D eigenvalue weighted by molar-refractivity contribution is -0.120. The van der Waals surface area contributed by atoms with Crippen LogP contribution >= 0.6 is 11.6 Å². The van der Waals surface area contributed by atoms with Crippen molar-refractivity contribution in [3.8, 4) is 0 Å². The molecule has 0 aliphatic rings. The van der Waals surface area contributed by atoms with E-state index in [0.29, 0.717) is 30.8 Å². The fourth-order valence-electron chi connectivity index (χ4n) is 1.43. The number of hydrogen-bond donors (Lipinski definition) is 2. The summed E-state index contributed by atoms with van der Waals surface area (Å²) in [5.74, 6) is -0.0318. The number of nitrogens with one attached hydrogen (secondary N) is 1. The highest BCUT2D eigenvalue weighted by molar-refractivity contribution is 6.30. The number of aliphatic hydroxyl groups is 1. The van der Waals surface area contributed by atoms with Crippen molar-refractivity contribution in [1.82, 2.24) is 5.32 Å². The fourth-order valence-corrected chi connectivity index (χ4v) is 1.56. The minimum atomic E-state index is -0.328. The second kappa shape index (κ2) is 7.30. The maximum absolute atomic E-state index is 11.5. The monoisotopic (exact) mass is 255 g/mol. The molecular formula is C13H18ClNO2. The Labute approximate surface area is 107 Å². The molecule has 1 atom stereocenters. The van der Waals surface area contributed by atoms with Crippen LogP contribution in [0.1, 0.15) is 25.3 Å². The Balaban J connectivity index is 2.27. The molecule has 0 spiro atoms. The van der Waals surface area contributed by atoms with Gasteiger partial charge >= 0.3 is 0 Å². The van der Waals surface area contributed by atoms with Crippen molar-refractivity contribution < 1.29 is 9.90 Å². The molecule has 0 aromatic heterocycles. The maximum atomic E-state index is 11.5. The van der Waals surface area contributed by atoms with Crippen LogP contribution in [0.2, 0.25) is 5.02 Å². The molecule has 4 heteroatoms. The molecule has 0 aliphatic carbocycles. The third-order valence-corrected chi connectivity index (χ3v) is 2.80. The number of carbonyl (C=O) groups is 1. The molecule has 0 radical (unpaired) electrons. The number of carbonyl (C=O) groups excluding carboxylic acids is 1. The lowest BCUT2D eigenvalue weighted by atomic mass is 10.1. The van der Waals surface area contributed by atoms with E-state index in [-0.39, 0.29) is 12.0 Å². The second-order valence-electron chi connectivity index (χ2n) is 4.00. The number of amides is 1. The summed E-state index contributed by atoms with van der Waals surface area (Å²) in [4.78, 5) is 11.5. The van der Waals surface area contributed by atoms with Crippen molar-refractivity contribution in [1.29, 1.82) is 0 Å². The highest BCUT2D eigenvalue weighted by atomic mass is 35.5. The van der Waals surface area contributed by atoms with Crippen molar-refractivity contribution in [3.05, 3.63) is 34.9 Å². The number of aliphatic hydroxyl groups excluding tert-OH is 1. The first-order valence-electron chi connectivity index (χ1n) is 5.81. The smallest absolute Gasteiger partial charge is 0.224 e. The minimum absolute atomic E-state index is 0.0318. The molecule has 1 aromatic carbocycles. The lowest BCUT2D eigenvalue weighted by Gasteiger charge is -2.08. The summed E-state index contributed by atoms with van der Waals surface area (Å²) in [6.45, 7) is 2.43. The van der Waals surface area contributed by atoms with Gasteiger partial charge in [-0.05, 0) is 30.5 Å². The van der Waals surface area contributed by atoms with E-state index in [0.717, 1.165) is 5.56 Å². The van der Waals surface area contributed by atoms with Gasteiger partial charge in [0.2, 0.25) is 5.91 Å². The zero-order valence-electron chi connectivity index (χ0n) is 9.95. The van der Waals surface area contributed by atoms with Crippen molar-refractivity contribution in [2.75, 3.05) is 6.54 Å². The molecule has 0 saturated heterocycles. The molecule has 17 heavy (non-hydrogen) atoms. The SMILES string of the molecule is CCC(O)CCNC(=O)Cc1ccc(Cl)cc1. The Morgan fingerprint density at radius 1 is 1.41 bits per heavy atom. The molecule has 2 N–H and O–H groups in total. The number of halogens is 1. The van der Waals surface area contributed by atoms with E-state index >= 15 is 0 Å². The predicted molar refractivity (Wildman–Crippen MR) is 69.1 cm³/mol. The first-order chi connectivity index (χ1) is 8.11. The van der Waals surface area contributed by atoms with Gasteiger partial charge < -0.3 is 10.4 Å². The van der Waals surface area contributed by atoms with Gasteiger partial charge in [-0.15, -0.1) is 0 Å². The number of hydrogen-bond acceptors (Lipinski definition) is 2. The third kappa shape index (κ3) is 5.71. The molecule has 1 aromatic rings. The molecular weight excluding hydrogens is 238 g/mol. The molecule has 3 nitrogen and oxygen atoms in total. The van der Waals surface area contributed by atoms with Gasteiger partial charge in [0.15, 0.2) is 0 Å². The largest absolute Gasteiger partial charge is 0.393 e. The van der Waals surface area contributed by atoms with Gasteiger partial charge in [0, 0.05) is 11.6 Å². The van der Waals surface area contributed by atoms with Gasteiger partial charge in [-0.1, -0.05) is 30.7 Å². The van der Waals surface area contributed by atoms with Gasteiger partial charge in [-0.25, -0.2) is 0 Å². The molecule has 94 valence electrons. The summed E-state index contributed by atoms with van der Waals surface area (Å²) in [5, 5.41) is 12.8.